The van der Waals surface area contributed by atoms with Gasteiger partial charge in [0.15, 0.2) is 0 Å². The third-order valence-electron chi connectivity index (χ3n) is 4.51. The van der Waals surface area contributed by atoms with E-state index in [0.29, 0.717) is 6.54 Å². The molecule has 1 amide bonds. The van der Waals surface area contributed by atoms with Crippen molar-refractivity contribution in [3.63, 3.8) is 0 Å². The van der Waals surface area contributed by atoms with Gasteiger partial charge in [0, 0.05) is 5.54 Å². The molecule has 7 heteroatoms. The number of amides is 1. The summed E-state index contributed by atoms with van der Waals surface area (Å²) in [4.78, 5) is 14.6. The van der Waals surface area contributed by atoms with Gasteiger partial charge in [-0.15, -0.1) is 12.4 Å². The van der Waals surface area contributed by atoms with Crippen LogP contribution in [0.15, 0.2) is 0 Å². The Kier molecular flexibility index (Phi) is 9.36. The maximum atomic E-state index is 12.8. The molecule has 0 aromatic heterocycles. The lowest BCUT2D eigenvalue weighted by Crippen LogP contribution is -2.56. The minimum atomic E-state index is -1.19. The minimum absolute atomic E-state index is 0. The largest absolute Gasteiger partial charge is 0.395 e. The van der Waals surface area contributed by atoms with E-state index in [2.05, 4.69) is 26.1 Å². The molecule has 150 valence electrons. The van der Waals surface area contributed by atoms with Gasteiger partial charge in [0.05, 0.1) is 18.8 Å². The SMILES string of the molecule is CCCCN1[C@@H](CO)[C@H](O)[C@@H](O)[C@@H]1C(=O)NC(C)(C)CC(C)(C)C.Cl. The molecule has 1 aliphatic rings. The summed E-state index contributed by atoms with van der Waals surface area (Å²) in [6.07, 6.45) is 0.253. The minimum Gasteiger partial charge on any atom is -0.395 e. The van der Waals surface area contributed by atoms with E-state index in [1.54, 1.807) is 4.90 Å². The zero-order valence-corrected chi connectivity index (χ0v) is 17.3. The average Bonchev–Trinajstić information content (AvgIpc) is 2.64. The fraction of sp³-hybridized carbons (Fsp3) is 0.944. The van der Waals surface area contributed by atoms with Gasteiger partial charge >= 0.3 is 0 Å². The van der Waals surface area contributed by atoms with Crippen molar-refractivity contribution in [2.24, 2.45) is 5.41 Å². The first kappa shape index (κ1) is 24.6. The fourth-order valence-electron chi connectivity index (χ4n) is 3.95. The second-order valence-corrected chi connectivity index (χ2v) is 8.88. The normalized spacial score (nSPS) is 27.9. The highest BCUT2D eigenvalue weighted by molar-refractivity contribution is 5.85. The van der Waals surface area contributed by atoms with Gasteiger partial charge in [0.25, 0.3) is 0 Å². The van der Waals surface area contributed by atoms with E-state index in [0.717, 1.165) is 19.3 Å². The van der Waals surface area contributed by atoms with Crippen LogP contribution in [0.25, 0.3) is 0 Å². The maximum absolute atomic E-state index is 12.8. The lowest BCUT2D eigenvalue weighted by Gasteiger charge is -2.36. The predicted octanol–water partition coefficient (Wildman–Crippen LogP) is 1.31. The second kappa shape index (κ2) is 9.51. The highest BCUT2D eigenvalue weighted by Crippen LogP contribution is 2.29. The predicted molar refractivity (Wildman–Crippen MR) is 102 cm³/mol. The van der Waals surface area contributed by atoms with E-state index in [1.165, 1.54) is 0 Å². The Hall–Kier alpha value is -0.400. The third kappa shape index (κ3) is 6.68. The highest BCUT2D eigenvalue weighted by atomic mass is 35.5. The summed E-state index contributed by atoms with van der Waals surface area (Å²) in [5.41, 5.74) is -0.367. The van der Waals surface area contributed by atoms with E-state index < -0.39 is 29.8 Å². The molecule has 0 aromatic rings. The summed E-state index contributed by atoms with van der Waals surface area (Å²) < 4.78 is 0. The monoisotopic (exact) mass is 380 g/mol. The van der Waals surface area contributed by atoms with Gasteiger partial charge in [-0.05, 0) is 38.6 Å². The van der Waals surface area contributed by atoms with Crippen molar-refractivity contribution in [3.05, 3.63) is 0 Å². The molecule has 25 heavy (non-hydrogen) atoms. The van der Waals surface area contributed by atoms with Crippen molar-refractivity contribution < 1.29 is 20.1 Å². The van der Waals surface area contributed by atoms with Gasteiger partial charge in [0.1, 0.15) is 12.1 Å². The Morgan fingerprint density at radius 2 is 1.68 bits per heavy atom. The molecule has 4 atom stereocenters. The molecule has 1 aliphatic heterocycles. The molecule has 4 N–H and O–H groups in total. The standard InChI is InChI=1S/C18H36N2O4.ClH/c1-7-8-9-20-12(10-21)14(22)15(23)13(20)16(24)19-18(5,6)11-17(2,3)4;/h12-15,21-23H,7-11H2,1-6H3,(H,19,24);1H/t12-,13+,14-,15-;/m0./s1. The first-order chi connectivity index (χ1) is 10.9. The molecule has 0 spiro atoms. The summed E-state index contributed by atoms with van der Waals surface area (Å²) >= 11 is 0. The van der Waals surface area contributed by atoms with Gasteiger partial charge in [0.2, 0.25) is 5.91 Å². The van der Waals surface area contributed by atoms with Gasteiger partial charge in [-0.25, -0.2) is 0 Å². The molecule has 0 radical (unpaired) electrons. The van der Waals surface area contributed by atoms with Crippen LogP contribution < -0.4 is 5.32 Å². The summed E-state index contributed by atoms with van der Waals surface area (Å²) in [7, 11) is 0. The number of halogens is 1. The molecule has 0 aliphatic carbocycles. The van der Waals surface area contributed by atoms with Crippen molar-refractivity contribution in [2.75, 3.05) is 13.2 Å². The van der Waals surface area contributed by atoms with Crippen LogP contribution in [0.2, 0.25) is 0 Å². The topological polar surface area (TPSA) is 93.0 Å². The van der Waals surface area contributed by atoms with Gasteiger partial charge in [-0.1, -0.05) is 34.1 Å². The molecule has 1 heterocycles. The number of rotatable bonds is 7. The molecule has 0 aromatic carbocycles. The Balaban J connectivity index is 0.00000576. The van der Waals surface area contributed by atoms with Crippen LogP contribution in [0.1, 0.15) is 60.8 Å². The number of nitrogens with zero attached hydrogens (tertiary/aromatic N) is 1. The molecule has 0 saturated carbocycles. The Bertz CT molecular complexity index is 426. The van der Waals surface area contributed by atoms with Crippen LogP contribution in [0.3, 0.4) is 0 Å². The van der Waals surface area contributed by atoms with Gasteiger partial charge in [-0.3, -0.25) is 9.69 Å². The van der Waals surface area contributed by atoms with Crippen molar-refractivity contribution in [1.82, 2.24) is 10.2 Å². The number of carbonyl (C=O) groups excluding carboxylic acids is 1. The van der Waals surface area contributed by atoms with Crippen molar-refractivity contribution in [2.45, 2.75) is 90.6 Å². The second-order valence-electron chi connectivity index (χ2n) is 8.88. The van der Waals surface area contributed by atoms with Crippen LogP contribution in [0, 0.1) is 5.41 Å². The zero-order valence-electron chi connectivity index (χ0n) is 16.5. The van der Waals surface area contributed by atoms with Crippen molar-refractivity contribution in [1.29, 1.82) is 0 Å². The number of carbonyl (C=O) groups is 1. The number of nitrogens with one attached hydrogen (secondary N) is 1. The van der Waals surface area contributed by atoms with Crippen molar-refractivity contribution >= 4 is 18.3 Å². The van der Waals surface area contributed by atoms with Crippen LogP contribution in [-0.2, 0) is 4.79 Å². The van der Waals surface area contributed by atoms with Gasteiger partial charge in [-0.2, -0.15) is 0 Å². The fourth-order valence-corrected chi connectivity index (χ4v) is 3.95. The molecule has 6 nitrogen and oxygen atoms in total. The van der Waals surface area contributed by atoms with Crippen LogP contribution in [0.5, 0.6) is 0 Å². The molecular weight excluding hydrogens is 344 g/mol. The van der Waals surface area contributed by atoms with E-state index in [4.69, 9.17) is 0 Å². The molecule has 0 bridgehead atoms. The number of aliphatic hydroxyl groups is 3. The molecule has 1 rings (SSSR count). The number of aliphatic hydroxyl groups excluding tert-OH is 3. The Morgan fingerprint density at radius 1 is 1.12 bits per heavy atom. The first-order valence-electron chi connectivity index (χ1n) is 8.98. The Morgan fingerprint density at radius 3 is 2.12 bits per heavy atom. The first-order valence-corrected chi connectivity index (χ1v) is 8.98. The number of likely N-dealkylation sites (tertiary alicyclic amines) is 1. The number of hydrogen-bond donors (Lipinski definition) is 4. The average molecular weight is 381 g/mol. The molecule has 0 unspecified atom stereocenters. The smallest absolute Gasteiger partial charge is 0.240 e. The highest BCUT2D eigenvalue weighted by Gasteiger charge is 2.50. The quantitative estimate of drug-likeness (QED) is 0.534. The van der Waals surface area contributed by atoms with Crippen LogP contribution in [0.4, 0.5) is 0 Å². The van der Waals surface area contributed by atoms with Crippen molar-refractivity contribution in [3.8, 4) is 0 Å². The van der Waals surface area contributed by atoms with Gasteiger partial charge < -0.3 is 20.6 Å². The summed E-state index contributed by atoms with van der Waals surface area (Å²) in [5, 5.41) is 33.2. The van der Waals surface area contributed by atoms with E-state index >= 15 is 0 Å². The molecule has 1 fully saturated rings. The van der Waals surface area contributed by atoms with E-state index in [-0.39, 0.29) is 30.3 Å². The number of hydrogen-bond acceptors (Lipinski definition) is 5. The van der Waals surface area contributed by atoms with Crippen LogP contribution in [-0.4, -0.2) is 69.1 Å². The summed E-state index contributed by atoms with van der Waals surface area (Å²) in [5.74, 6) is -0.289. The lowest BCUT2D eigenvalue weighted by atomic mass is 9.81. The summed E-state index contributed by atoms with van der Waals surface area (Å²) in [6.45, 7) is 12.6. The molecule has 1 saturated heterocycles. The third-order valence-corrected chi connectivity index (χ3v) is 4.51. The van der Waals surface area contributed by atoms with E-state index in [1.807, 2.05) is 20.8 Å². The maximum Gasteiger partial charge on any atom is 0.240 e. The van der Waals surface area contributed by atoms with E-state index in [9.17, 15) is 20.1 Å². The lowest BCUT2D eigenvalue weighted by molar-refractivity contribution is -0.131. The number of unbranched alkanes of at least 4 members (excludes halogenated alkanes) is 1. The summed E-state index contributed by atoms with van der Waals surface area (Å²) in [6, 6.07) is -1.43. The van der Waals surface area contributed by atoms with Crippen LogP contribution >= 0.6 is 12.4 Å². The Labute approximate surface area is 158 Å². The zero-order chi connectivity index (χ0) is 18.7. The molecular formula is C18H37ClN2O4.